The number of carbonyl (C=O) groups is 1. The molecule has 0 radical (unpaired) electrons. The number of thioether (sulfide) groups is 1. The molecule has 0 atom stereocenters. The van der Waals surface area contributed by atoms with E-state index in [-0.39, 0.29) is 15.9 Å². The van der Waals surface area contributed by atoms with Crippen LogP contribution in [-0.4, -0.2) is 34.9 Å². The van der Waals surface area contributed by atoms with Crippen LogP contribution in [0.15, 0.2) is 22.7 Å². The van der Waals surface area contributed by atoms with Crippen molar-refractivity contribution < 1.29 is 9.18 Å². The number of nitrogens with zero attached hydrogens (tertiary/aromatic N) is 2. The highest BCUT2D eigenvalue weighted by Gasteiger charge is 2.36. The summed E-state index contributed by atoms with van der Waals surface area (Å²) in [5.74, 6) is -0.837. The van der Waals surface area contributed by atoms with Gasteiger partial charge in [0.1, 0.15) is 10.6 Å². The van der Waals surface area contributed by atoms with E-state index in [4.69, 9.17) is 0 Å². The van der Waals surface area contributed by atoms with Gasteiger partial charge in [-0.05, 0) is 47.2 Å². The van der Waals surface area contributed by atoms with Crippen LogP contribution in [0.5, 0.6) is 0 Å². The molecule has 1 heterocycles. The van der Waals surface area contributed by atoms with Gasteiger partial charge >= 0.3 is 0 Å². The second kappa shape index (κ2) is 6.15. The molecule has 0 aromatic heterocycles. The van der Waals surface area contributed by atoms with Crippen molar-refractivity contribution in [3.8, 4) is 6.07 Å². The summed E-state index contributed by atoms with van der Waals surface area (Å²) in [7, 11) is 0. The Morgan fingerprint density at radius 2 is 2.15 bits per heavy atom. The zero-order valence-electron chi connectivity index (χ0n) is 11.0. The first kappa shape index (κ1) is 15.3. The van der Waals surface area contributed by atoms with Crippen LogP contribution in [0.25, 0.3) is 0 Å². The number of carbonyl (C=O) groups excluding carboxylic acids is 1. The summed E-state index contributed by atoms with van der Waals surface area (Å²) < 4.78 is 13.8. The minimum Gasteiger partial charge on any atom is -0.338 e. The van der Waals surface area contributed by atoms with Gasteiger partial charge in [-0.25, -0.2) is 4.39 Å². The Balaban J connectivity index is 2.13. The first-order valence-electron chi connectivity index (χ1n) is 6.23. The second-order valence-corrected chi connectivity index (χ2v) is 6.75. The average Bonchev–Trinajstić information content (AvgIpc) is 2.49. The number of likely N-dealkylation sites (tertiary alicyclic amines) is 1. The minimum absolute atomic E-state index is 0.0768. The topological polar surface area (TPSA) is 44.1 Å². The van der Waals surface area contributed by atoms with E-state index in [9.17, 15) is 14.4 Å². The lowest BCUT2D eigenvalue weighted by Gasteiger charge is -2.36. The van der Waals surface area contributed by atoms with Crippen molar-refractivity contribution in [1.82, 2.24) is 4.90 Å². The molecular formula is C14H14BrFN2OS. The van der Waals surface area contributed by atoms with Gasteiger partial charge in [-0.2, -0.15) is 5.26 Å². The number of halogens is 2. The fourth-order valence-corrected chi connectivity index (χ4v) is 3.32. The first-order chi connectivity index (χ1) is 9.53. The first-order valence-corrected chi connectivity index (χ1v) is 8.24. The number of amides is 1. The highest BCUT2D eigenvalue weighted by molar-refractivity contribution is 9.10. The highest BCUT2D eigenvalue weighted by Crippen LogP contribution is 2.34. The molecule has 1 aliphatic rings. The van der Waals surface area contributed by atoms with E-state index in [1.54, 1.807) is 17.0 Å². The average molecular weight is 357 g/mol. The van der Waals surface area contributed by atoms with Gasteiger partial charge in [0, 0.05) is 13.1 Å². The quantitative estimate of drug-likeness (QED) is 0.814. The Bertz CT molecular complexity index is 565. The molecule has 3 nitrogen and oxygen atoms in total. The third kappa shape index (κ3) is 2.84. The normalized spacial score (nSPS) is 17.6. The molecule has 1 amide bonds. The zero-order chi connectivity index (χ0) is 14.8. The summed E-state index contributed by atoms with van der Waals surface area (Å²) in [5.41, 5.74) is 0.0768. The fraction of sp³-hybridized carbons (Fsp3) is 0.429. The molecule has 2 rings (SSSR count). The van der Waals surface area contributed by atoms with Crippen LogP contribution >= 0.6 is 27.7 Å². The van der Waals surface area contributed by atoms with Crippen LogP contribution in [0.1, 0.15) is 23.2 Å². The molecule has 106 valence electrons. The molecular weight excluding hydrogens is 343 g/mol. The molecule has 1 saturated heterocycles. The van der Waals surface area contributed by atoms with Gasteiger partial charge in [0.2, 0.25) is 0 Å². The minimum atomic E-state index is -0.528. The summed E-state index contributed by atoms with van der Waals surface area (Å²) in [6.07, 6.45) is 3.15. The maximum Gasteiger partial charge on any atom is 0.256 e. The Labute approximate surface area is 130 Å². The second-order valence-electron chi connectivity index (χ2n) is 4.70. The van der Waals surface area contributed by atoms with Crippen molar-refractivity contribution in [2.45, 2.75) is 17.6 Å². The third-order valence-corrected chi connectivity index (χ3v) is 5.53. The fourth-order valence-electron chi connectivity index (χ4n) is 2.27. The smallest absolute Gasteiger partial charge is 0.256 e. The number of hydrogen-bond donors (Lipinski definition) is 0. The lowest BCUT2D eigenvalue weighted by atomic mass is 9.96. The predicted molar refractivity (Wildman–Crippen MR) is 81.1 cm³/mol. The van der Waals surface area contributed by atoms with Crippen molar-refractivity contribution in [2.75, 3.05) is 19.3 Å². The van der Waals surface area contributed by atoms with Gasteiger partial charge in [0.15, 0.2) is 0 Å². The monoisotopic (exact) mass is 356 g/mol. The van der Waals surface area contributed by atoms with E-state index < -0.39 is 10.6 Å². The number of benzene rings is 1. The number of rotatable bonds is 2. The predicted octanol–water partition coefficient (Wildman–Crippen LogP) is 3.45. The lowest BCUT2D eigenvalue weighted by Crippen LogP contribution is -2.44. The molecule has 0 unspecified atom stereocenters. The van der Waals surface area contributed by atoms with Crippen molar-refractivity contribution in [3.05, 3.63) is 34.1 Å². The Kier molecular flexibility index (Phi) is 4.71. The lowest BCUT2D eigenvalue weighted by molar-refractivity contribution is 0.0711. The molecule has 1 aromatic rings. The summed E-state index contributed by atoms with van der Waals surface area (Å²) in [5, 5.41) is 9.22. The van der Waals surface area contributed by atoms with Crippen molar-refractivity contribution in [3.63, 3.8) is 0 Å². The summed E-state index contributed by atoms with van der Waals surface area (Å²) in [6.45, 7) is 0.971. The Hall–Kier alpha value is -1.06. The molecule has 0 aliphatic carbocycles. The SMILES string of the molecule is CSC1(C#N)CCN(C(=O)c2cccc(Br)c2F)CC1. The molecule has 1 aromatic carbocycles. The Morgan fingerprint density at radius 1 is 1.50 bits per heavy atom. The van der Waals surface area contributed by atoms with Crippen LogP contribution in [0.4, 0.5) is 4.39 Å². The van der Waals surface area contributed by atoms with Gasteiger partial charge in [0.05, 0.1) is 16.1 Å². The van der Waals surface area contributed by atoms with Gasteiger partial charge in [-0.15, -0.1) is 11.8 Å². The van der Waals surface area contributed by atoms with Crippen molar-refractivity contribution in [1.29, 1.82) is 5.26 Å². The van der Waals surface area contributed by atoms with Crippen LogP contribution in [-0.2, 0) is 0 Å². The molecule has 0 N–H and O–H groups in total. The standard InChI is InChI=1S/C14H14BrFN2OS/c1-20-14(9-17)5-7-18(8-6-14)13(19)10-3-2-4-11(15)12(10)16/h2-4H,5-8H2,1H3. The summed E-state index contributed by atoms with van der Waals surface area (Å²) in [6, 6.07) is 7.03. The van der Waals surface area contributed by atoms with Gasteiger partial charge in [-0.3, -0.25) is 4.79 Å². The zero-order valence-corrected chi connectivity index (χ0v) is 13.4. The van der Waals surface area contributed by atoms with Gasteiger partial charge in [0.25, 0.3) is 5.91 Å². The molecule has 6 heteroatoms. The Morgan fingerprint density at radius 3 is 2.70 bits per heavy atom. The van der Waals surface area contributed by atoms with Crippen molar-refractivity contribution >= 4 is 33.6 Å². The largest absolute Gasteiger partial charge is 0.338 e. The molecule has 0 bridgehead atoms. The summed E-state index contributed by atoms with van der Waals surface area (Å²) in [4.78, 5) is 14.0. The van der Waals surface area contributed by atoms with Crippen molar-refractivity contribution in [2.24, 2.45) is 0 Å². The van der Waals surface area contributed by atoms with Crippen LogP contribution in [0.3, 0.4) is 0 Å². The maximum atomic E-state index is 13.9. The van der Waals surface area contributed by atoms with E-state index in [2.05, 4.69) is 22.0 Å². The highest BCUT2D eigenvalue weighted by atomic mass is 79.9. The molecule has 20 heavy (non-hydrogen) atoms. The molecule has 1 fully saturated rings. The number of nitriles is 1. The molecule has 1 aliphatic heterocycles. The van der Waals surface area contributed by atoms with E-state index in [0.717, 1.165) is 0 Å². The van der Waals surface area contributed by atoms with E-state index in [0.29, 0.717) is 25.9 Å². The maximum absolute atomic E-state index is 13.9. The van der Waals surface area contributed by atoms with E-state index in [1.807, 2.05) is 6.26 Å². The molecule has 0 spiro atoms. The van der Waals surface area contributed by atoms with Crippen LogP contribution < -0.4 is 0 Å². The van der Waals surface area contributed by atoms with E-state index in [1.165, 1.54) is 17.8 Å². The van der Waals surface area contributed by atoms with Crippen LogP contribution in [0.2, 0.25) is 0 Å². The van der Waals surface area contributed by atoms with Crippen LogP contribution in [0, 0.1) is 17.1 Å². The summed E-state index contributed by atoms with van der Waals surface area (Å²) >= 11 is 4.61. The number of piperidine rings is 1. The van der Waals surface area contributed by atoms with Gasteiger partial charge < -0.3 is 4.90 Å². The van der Waals surface area contributed by atoms with Gasteiger partial charge in [-0.1, -0.05) is 6.07 Å². The third-order valence-electron chi connectivity index (χ3n) is 3.63. The van der Waals surface area contributed by atoms with E-state index >= 15 is 0 Å². The molecule has 0 saturated carbocycles. The number of hydrogen-bond acceptors (Lipinski definition) is 3.